The highest BCUT2D eigenvalue weighted by Crippen LogP contribution is 2.46. The summed E-state index contributed by atoms with van der Waals surface area (Å²) in [5.74, 6) is 1.49. The van der Waals surface area contributed by atoms with E-state index < -0.39 is 0 Å². The highest BCUT2D eigenvalue weighted by Gasteiger charge is 2.22. The van der Waals surface area contributed by atoms with Crippen LogP contribution in [0, 0.1) is 0 Å². The Hall–Kier alpha value is -9.44. The van der Waals surface area contributed by atoms with Crippen LogP contribution < -0.4 is 10.4 Å². The third-order valence-electron chi connectivity index (χ3n) is 14.3. The van der Waals surface area contributed by atoms with Gasteiger partial charge < -0.3 is 0 Å². The molecule has 1 aromatic heterocycles. The van der Waals surface area contributed by atoms with Crippen LogP contribution in [0.15, 0.2) is 250 Å². The van der Waals surface area contributed by atoms with E-state index >= 15 is 0 Å². The van der Waals surface area contributed by atoms with Crippen molar-refractivity contribution in [3.05, 3.63) is 266 Å². The Balaban J connectivity index is 1.13. The quantitative estimate of drug-likeness (QED) is 0.101. The van der Waals surface area contributed by atoms with Crippen LogP contribution in [0.3, 0.4) is 0 Å². The molecule has 0 aliphatic rings. The van der Waals surface area contributed by atoms with E-state index in [4.69, 9.17) is 10.2 Å². The molecular weight excluding hydrogens is 883 g/mol. The lowest BCUT2D eigenvalue weighted by Gasteiger charge is -2.21. The Kier molecular flexibility index (Phi) is 11.7. The number of hydrogen-bond acceptors (Lipinski definition) is 2. The SMILES string of the molecule is C=C/C=c1/c(/C(C)=C/C(=C\C=C)n2c(-c3ccccc3)nnc2-c2ccccc2)c2ccccc2c(-c2ccc3c(-c4ccc5ccccc5c4)c4ccccc4c(-c4ccc5ccccc5c4)c3c2)/c1=C/C. The van der Waals surface area contributed by atoms with Crippen molar-refractivity contribution in [3.63, 3.8) is 0 Å². The standard InChI is InChI=1S/C70H51N3/c1-5-22-56(73-69(49-26-10-8-11-27-49)71-72-70(73)50-28-12-9-13-29-50)42-46(4)65-58(23-6-2)57(7-3)66(60-33-19-18-32-59(60)65)55-40-41-63-64(45-55)68(54-39-37-48-25-15-17-31-52(48)44-54)62-35-21-20-34-61(62)67(63)53-38-36-47-24-14-16-30-51(47)43-53/h5-45H,1-2H2,3-4H3/b46-42+,56-22+,57-7+,58-23+. The van der Waals surface area contributed by atoms with Crippen molar-refractivity contribution in [1.29, 1.82) is 0 Å². The van der Waals surface area contributed by atoms with E-state index in [9.17, 15) is 0 Å². The molecule has 0 atom stereocenters. The predicted octanol–water partition coefficient (Wildman–Crippen LogP) is 17.3. The van der Waals surface area contributed by atoms with E-state index in [0.29, 0.717) is 0 Å². The van der Waals surface area contributed by atoms with Crippen molar-refractivity contribution >= 4 is 77.3 Å². The molecule has 0 unspecified atom stereocenters. The molecule has 0 radical (unpaired) electrons. The van der Waals surface area contributed by atoms with Gasteiger partial charge in [-0.25, -0.2) is 0 Å². The zero-order valence-corrected chi connectivity index (χ0v) is 40.9. The molecule has 0 fully saturated rings. The number of fused-ring (bicyclic) bond motifs is 5. The molecule has 0 saturated heterocycles. The molecule has 11 aromatic carbocycles. The van der Waals surface area contributed by atoms with Crippen molar-refractivity contribution in [2.45, 2.75) is 13.8 Å². The van der Waals surface area contributed by atoms with Crippen molar-refractivity contribution in [1.82, 2.24) is 14.8 Å². The van der Waals surface area contributed by atoms with Crippen LogP contribution in [0.4, 0.5) is 0 Å². The lowest BCUT2D eigenvalue weighted by atomic mass is 9.83. The van der Waals surface area contributed by atoms with Gasteiger partial charge >= 0.3 is 0 Å². The fraction of sp³-hybridized carbons (Fsp3) is 0.0286. The monoisotopic (exact) mass is 933 g/mol. The van der Waals surface area contributed by atoms with Gasteiger partial charge in [-0.2, -0.15) is 0 Å². The molecule has 0 aliphatic heterocycles. The van der Waals surface area contributed by atoms with Gasteiger partial charge in [0.15, 0.2) is 11.6 Å². The first-order valence-electron chi connectivity index (χ1n) is 24.9. The van der Waals surface area contributed by atoms with Gasteiger partial charge in [-0.1, -0.05) is 232 Å². The average Bonchev–Trinajstić information content (AvgIpc) is 3.89. The minimum atomic E-state index is 0.744. The molecule has 73 heavy (non-hydrogen) atoms. The highest BCUT2D eigenvalue weighted by molar-refractivity contribution is 6.23. The van der Waals surface area contributed by atoms with Crippen LogP contribution >= 0.6 is 0 Å². The molecule has 346 valence electrons. The first-order valence-corrected chi connectivity index (χ1v) is 24.9. The van der Waals surface area contributed by atoms with E-state index in [-0.39, 0.29) is 0 Å². The molecule has 3 nitrogen and oxygen atoms in total. The summed E-state index contributed by atoms with van der Waals surface area (Å²) in [6.45, 7) is 12.8. The zero-order chi connectivity index (χ0) is 49.4. The number of benzene rings is 11. The zero-order valence-electron chi connectivity index (χ0n) is 40.9. The molecule has 0 saturated carbocycles. The Bertz CT molecular complexity index is 4300. The summed E-state index contributed by atoms with van der Waals surface area (Å²) < 4.78 is 2.15. The fourth-order valence-corrected chi connectivity index (χ4v) is 11.1. The van der Waals surface area contributed by atoms with Crippen molar-refractivity contribution < 1.29 is 0 Å². The summed E-state index contributed by atoms with van der Waals surface area (Å²) in [7, 11) is 0. The van der Waals surface area contributed by atoms with Gasteiger partial charge in [0, 0.05) is 16.8 Å². The first-order chi connectivity index (χ1) is 36.0. The molecule has 1 heterocycles. The Morgan fingerprint density at radius 2 is 0.863 bits per heavy atom. The molecule has 3 heteroatoms. The predicted molar refractivity (Wildman–Crippen MR) is 313 cm³/mol. The third kappa shape index (κ3) is 7.89. The summed E-state index contributed by atoms with van der Waals surface area (Å²) in [6, 6.07) is 76.6. The topological polar surface area (TPSA) is 30.7 Å². The number of hydrogen-bond donors (Lipinski definition) is 0. The molecule has 0 bridgehead atoms. The van der Waals surface area contributed by atoms with E-state index in [0.717, 1.165) is 66.4 Å². The summed E-state index contributed by atoms with van der Waals surface area (Å²) in [5, 5.41) is 23.9. The van der Waals surface area contributed by atoms with Crippen LogP contribution in [0.2, 0.25) is 0 Å². The van der Waals surface area contributed by atoms with E-state index in [1.165, 1.54) is 70.9 Å². The highest BCUT2D eigenvalue weighted by atomic mass is 15.3. The molecule has 12 rings (SSSR count). The number of rotatable bonds is 10. The van der Waals surface area contributed by atoms with Gasteiger partial charge in [0.05, 0.1) is 0 Å². The first kappa shape index (κ1) is 44.7. The van der Waals surface area contributed by atoms with Gasteiger partial charge in [-0.3, -0.25) is 4.57 Å². The Morgan fingerprint density at radius 1 is 0.411 bits per heavy atom. The van der Waals surface area contributed by atoms with Crippen LogP contribution in [0.1, 0.15) is 19.4 Å². The third-order valence-corrected chi connectivity index (χ3v) is 14.3. The van der Waals surface area contributed by atoms with Crippen LogP contribution in [-0.2, 0) is 0 Å². The fourth-order valence-electron chi connectivity index (χ4n) is 11.1. The van der Waals surface area contributed by atoms with Crippen LogP contribution in [0.25, 0.3) is 133 Å². The lowest BCUT2D eigenvalue weighted by molar-refractivity contribution is 1.10. The molecule has 0 amide bonds. The average molecular weight is 934 g/mol. The van der Waals surface area contributed by atoms with Crippen molar-refractivity contribution in [2.75, 3.05) is 0 Å². The maximum atomic E-state index is 4.81. The molecule has 12 aromatic rings. The van der Waals surface area contributed by atoms with Gasteiger partial charge in [-0.15, -0.1) is 10.2 Å². The smallest absolute Gasteiger partial charge is 0.168 e. The number of allylic oxidation sites excluding steroid dienone is 6. The normalized spacial score (nSPS) is 12.7. The minimum Gasteiger partial charge on any atom is -0.275 e. The maximum Gasteiger partial charge on any atom is 0.168 e. The second-order valence-corrected chi connectivity index (χ2v) is 18.6. The summed E-state index contributed by atoms with van der Waals surface area (Å²) in [4.78, 5) is 0. The number of nitrogens with zero attached hydrogens (tertiary/aromatic N) is 3. The largest absolute Gasteiger partial charge is 0.275 e. The summed E-state index contributed by atoms with van der Waals surface area (Å²) >= 11 is 0. The van der Waals surface area contributed by atoms with Crippen molar-refractivity contribution in [2.24, 2.45) is 0 Å². The van der Waals surface area contributed by atoms with E-state index in [2.05, 4.69) is 226 Å². The molecular formula is C70H51N3. The van der Waals surface area contributed by atoms with Gasteiger partial charge in [-0.05, 0) is 153 Å². The van der Waals surface area contributed by atoms with E-state index in [1.54, 1.807) is 0 Å². The second-order valence-electron chi connectivity index (χ2n) is 18.6. The minimum absolute atomic E-state index is 0.744. The summed E-state index contributed by atoms with van der Waals surface area (Å²) in [6.07, 6.45) is 12.5. The van der Waals surface area contributed by atoms with Gasteiger partial charge in [0.2, 0.25) is 0 Å². The number of aromatic nitrogens is 3. The Morgan fingerprint density at radius 3 is 1.40 bits per heavy atom. The molecule has 0 spiro atoms. The van der Waals surface area contributed by atoms with Crippen molar-refractivity contribution in [3.8, 4) is 56.2 Å². The molecule has 0 N–H and O–H groups in total. The lowest BCUT2D eigenvalue weighted by Crippen LogP contribution is -2.30. The Labute approximate surface area is 425 Å². The van der Waals surface area contributed by atoms with E-state index in [1.807, 2.05) is 54.6 Å². The van der Waals surface area contributed by atoms with Crippen LogP contribution in [0.5, 0.6) is 0 Å². The van der Waals surface area contributed by atoms with Gasteiger partial charge in [0.25, 0.3) is 0 Å². The summed E-state index contributed by atoms with van der Waals surface area (Å²) in [5.41, 5.74) is 12.2. The van der Waals surface area contributed by atoms with Crippen LogP contribution in [-0.4, -0.2) is 14.8 Å². The van der Waals surface area contributed by atoms with Gasteiger partial charge in [0.1, 0.15) is 0 Å². The second kappa shape index (κ2) is 19.0. The maximum absolute atomic E-state index is 4.81. The molecule has 0 aliphatic carbocycles.